The van der Waals surface area contributed by atoms with Crippen LogP contribution in [0.2, 0.25) is 0 Å². The molecule has 1 aromatic carbocycles. The molecule has 2 rings (SSSR count). The van der Waals surface area contributed by atoms with Crippen LogP contribution in [0.1, 0.15) is 20.7 Å². The first-order chi connectivity index (χ1) is 10.1. The number of halogens is 1. The van der Waals surface area contributed by atoms with E-state index < -0.39 is 0 Å². The molecule has 0 amide bonds. The number of Topliss-reactive ketones (excluding diaryl/α,β-unsaturated/α-hetero) is 2. The molecular weight excluding hydrogens is 344 g/mol. The molecule has 0 saturated carbocycles. The number of ketones is 2. The van der Waals surface area contributed by atoms with Gasteiger partial charge >= 0.3 is 0 Å². The summed E-state index contributed by atoms with van der Waals surface area (Å²) in [6, 6.07) is 12.7. The number of nitrogens with zero attached hydrogens (tertiary/aromatic N) is 2. The first-order valence-corrected chi connectivity index (χ1v) is 6.81. The molecule has 1 heterocycles. The number of benzene rings is 1. The highest BCUT2D eigenvalue weighted by Gasteiger charge is 2.15. The fraction of sp³-hybridized carbons (Fsp3) is 0.235. The monoisotopic (exact) mass is 362 g/mol. The molecule has 0 aliphatic carbocycles. The zero-order chi connectivity index (χ0) is 15.2. The molecule has 4 nitrogen and oxygen atoms in total. The number of hydrogen-bond donors (Lipinski definition) is 0. The van der Waals surface area contributed by atoms with E-state index in [1.165, 1.54) is 0 Å². The highest BCUT2D eigenvalue weighted by atomic mass is 79.9. The number of aromatic nitrogens is 1. The molecule has 0 fully saturated rings. The second kappa shape index (κ2) is 8.56. The SMILES string of the molecule is CN(C)CC(=O)c1ccc[n+](CC(=O)c2ccccc2)c1.[Br-]. The van der Waals surface area contributed by atoms with E-state index in [0.29, 0.717) is 17.7 Å². The van der Waals surface area contributed by atoms with Gasteiger partial charge in [0.2, 0.25) is 12.3 Å². The molecule has 116 valence electrons. The van der Waals surface area contributed by atoms with Crippen molar-refractivity contribution < 1.29 is 31.1 Å². The molecular formula is C17H19BrN2O2. The predicted octanol–water partition coefficient (Wildman–Crippen LogP) is -1.39. The van der Waals surface area contributed by atoms with Gasteiger partial charge in [-0.2, -0.15) is 4.57 Å². The van der Waals surface area contributed by atoms with E-state index in [-0.39, 0.29) is 35.1 Å². The van der Waals surface area contributed by atoms with Crippen LogP contribution < -0.4 is 21.5 Å². The van der Waals surface area contributed by atoms with Gasteiger partial charge in [-0.3, -0.25) is 9.59 Å². The first kappa shape index (κ1) is 18.2. The van der Waals surface area contributed by atoms with Crippen LogP contribution in [-0.2, 0) is 6.54 Å². The zero-order valence-electron chi connectivity index (χ0n) is 12.7. The smallest absolute Gasteiger partial charge is 0.227 e. The maximum absolute atomic E-state index is 12.2. The van der Waals surface area contributed by atoms with Crippen LogP contribution in [0.4, 0.5) is 0 Å². The normalized spacial score (nSPS) is 10.1. The van der Waals surface area contributed by atoms with Crippen molar-refractivity contribution in [2.24, 2.45) is 0 Å². The molecule has 0 atom stereocenters. The number of carbonyl (C=O) groups excluding carboxylic acids is 2. The van der Waals surface area contributed by atoms with Crippen molar-refractivity contribution in [3.63, 3.8) is 0 Å². The zero-order valence-corrected chi connectivity index (χ0v) is 14.3. The Morgan fingerprint density at radius 1 is 0.955 bits per heavy atom. The number of pyridine rings is 1. The van der Waals surface area contributed by atoms with Crippen LogP contribution in [0.25, 0.3) is 0 Å². The molecule has 22 heavy (non-hydrogen) atoms. The van der Waals surface area contributed by atoms with Gasteiger partial charge in [0.1, 0.15) is 0 Å². The molecule has 0 bridgehead atoms. The van der Waals surface area contributed by atoms with Crippen molar-refractivity contribution in [1.82, 2.24) is 4.90 Å². The minimum atomic E-state index is 0. The topological polar surface area (TPSA) is 41.3 Å². The number of likely N-dealkylation sites (N-methyl/N-ethyl adjacent to an activating group) is 1. The predicted molar refractivity (Wildman–Crippen MR) is 80.3 cm³/mol. The summed E-state index contributed by atoms with van der Waals surface area (Å²) in [5, 5.41) is 0. The third-order valence-corrected chi connectivity index (χ3v) is 3.06. The van der Waals surface area contributed by atoms with E-state index >= 15 is 0 Å². The maximum atomic E-state index is 12.2. The molecule has 1 aromatic heterocycles. The van der Waals surface area contributed by atoms with Gasteiger partial charge in [-0.25, -0.2) is 0 Å². The van der Waals surface area contributed by atoms with E-state index in [1.807, 2.05) is 37.2 Å². The summed E-state index contributed by atoms with van der Waals surface area (Å²) in [7, 11) is 3.71. The van der Waals surface area contributed by atoms with Crippen LogP contribution >= 0.6 is 0 Å². The van der Waals surface area contributed by atoms with E-state index in [1.54, 1.807) is 41.2 Å². The average molecular weight is 363 g/mol. The van der Waals surface area contributed by atoms with Gasteiger partial charge in [-0.05, 0) is 20.2 Å². The quantitative estimate of drug-likeness (QED) is 0.469. The fourth-order valence-corrected chi connectivity index (χ4v) is 2.04. The minimum absolute atomic E-state index is 0. The van der Waals surface area contributed by atoms with Crippen LogP contribution in [-0.4, -0.2) is 37.1 Å². The summed E-state index contributed by atoms with van der Waals surface area (Å²) in [5.41, 5.74) is 1.29. The van der Waals surface area contributed by atoms with Gasteiger partial charge < -0.3 is 21.9 Å². The molecule has 0 spiro atoms. The summed E-state index contributed by atoms with van der Waals surface area (Å²) in [5.74, 6) is 0.0688. The third-order valence-electron chi connectivity index (χ3n) is 3.06. The molecule has 0 radical (unpaired) electrons. The third kappa shape index (κ3) is 5.16. The van der Waals surface area contributed by atoms with Gasteiger partial charge in [0, 0.05) is 11.6 Å². The number of hydrogen-bond acceptors (Lipinski definition) is 3. The standard InChI is InChI=1S/C17H19N2O2.BrH/c1-18(2)12-16(20)15-9-6-10-19(11-15)13-17(21)14-7-4-3-5-8-14;/h3-11H,12-13H2,1-2H3;1H/q+1;/p-1. The Labute approximate surface area is 141 Å². The fourth-order valence-electron chi connectivity index (χ4n) is 2.04. The van der Waals surface area contributed by atoms with Crippen molar-refractivity contribution in [2.75, 3.05) is 20.6 Å². The lowest BCUT2D eigenvalue weighted by Crippen LogP contribution is -3.00. The summed E-state index contributed by atoms with van der Waals surface area (Å²) in [6.07, 6.45) is 3.53. The van der Waals surface area contributed by atoms with Crippen molar-refractivity contribution >= 4 is 11.6 Å². The van der Waals surface area contributed by atoms with Crippen molar-refractivity contribution in [2.45, 2.75) is 6.54 Å². The Morgan fingerprint density at radius 2 is 1.59 bits per heavy atom. The second-order valence-corrected chi connectivity index (χ2v) is 5.22. The van der Waals surface area contributed by atoms with Gasteiger partial charge in [0.05, 0.1) is 12.1 Å². The maximum Gasteiger partial charge on any atom is 0.227 e. The van der Waals surface area contributed by atoms with E-state index in [9.17, 15) is 9.59 Å². The second-order valence-electron chi connectivity index (χ2n) is 5.22. The van der Waals surface area contributed by atoms with Crippen molar-refractivity contribution in [1.29, 1.82) is 0 Å². The van der Waals surface area contributed by atoms with Crippen LogP contribution in [0.3, 0.4) is 0 Å². The van der Waals surface area contributed by atoms with Crippen LogP contribution in [0.5, 0.6) is 0 Å². The van der Waals surface area contributed by atoms with Gasteiger partial charge in [0.15, 0.2) is 18.2 Å². The van der Waals surface area contributed by atoms with Gasteiger partial charge in [0.25, 0.3) is 0 Å². The van der Waals surface area contributed by atoms with Gasteiger partial charge in [-0.1, -0.05) is 30.3 Å². The summed E-state index contributed by atoms with van der Waals surface area (Å²) in [4.78, 5) is 26.0. The summed E-state index contributed by atoms with van der Waals surface area (Å²) >= 11 is 0. The highest BCUT2D eigenvalue weighted by molar-refractivity contribution is 5.97. The van der Waals surface area contributed by atoms with E-state index in [2.05, 4.69) is 0 Å². The lowest BCUT2D eigenvalue weighted by Gasteiger charge is -2.07. The largest absolute Gasteiger partial charge is 1.00 e. The van der Waals surface area contributed by atoms with Crippen LogP contribution in [0, 0.1) is 0 Å². The Balaban J connectivity index is 0.00000242. The molecule has 0 N–H and O–H groups in total. The lowest BCUT2D eigenvalue weighted by atomic mass is 10.1. The van der Waals surface area contributed by atoms with Crippen molar-refractivity contribution in [3.8, 4) is 0 Å². The Kier molecular flexibility index (Phi) is 7.08. The number of rotatable bonds is 6. The molecule has 0 saturated heterocycles. The molecule has 2 aromatic rings. The molecule has 0 aliphatic rings. The Morgan fingerprint density at radius 3 is 2.23 bits per heavy atom. The summed E-state index contributed by atoms with van der Waals surface area (Å²) in [6.45, 7) is 0.587. The minimum Gasteiger partial charge on any atom is -1.00 e. The average Bonchev–Trinajstić information content (AvgIpc) is 2.47. The highest BCUT2D eigenvalue weighted by Crippen LogP contribution is 2.01. The Hall–Kier alpha value is -1.85. The number of carbonyl (C=O) groups is 2. The summed E-state index contributed by atoms with van der Waals surface area (Å²) < 4.78 is 1.75. The lowest BCUT2D eigenvalue weighted by molar-refractivity contribution is -0.683. The Bertz CT molecular complexity index is 642. The van der Waals surface area contributed by atoms with E-state index in [4.69, 9.17) is 0 Å². The molecule has 0 aliphatic heterocycles. The first-order valence-electron chi connectivity index (χ1n) is 6.81. The van der Waals surface area contributed by atoms with Crippen LogP contribution in [0.15, 0.2) is 54.9 Å². The molecule has 0 unspecified atom stereocenters. The molecule has 5 heteroatoms. The van der Waals surface area contributed by atoms with Gasteiger partial charge in [-0.15, -0.1) is 0 Å². The van der Waals surface area contributed by atoms with Crippen molar-refractivity contribution in [3.05, 3.63) is 66.0 Å². The van der Waals surface area contributed by atoms with E-state index in [0.717, 1.165) is 0 Å².